The molecule has 1 unspecified atom stereocenters. The van der Waals surface area contributed by atoms with Crippen molar-refractivity contribution in [1.82, 2.24) is 5.32 Å². The first-order valence-electron chi connectivity index (χ1n) is 11.9. The number of aryl methyl sites for hydroxylation is 1. The van der Waals surface area contributed by atoms with Gasteiger partial charge in [-0.2, -0.15) is 0 Å². The molecule has 3 aromatic carbocycles. The van der Waals surface area contributed by atoms with Crippen molar-refractivity contribution in [3.05, 3.63) is 80.8 Å². The van der Waals surface area contributed by atoms with Crippen LogP contribution in [-0.4, -0.2) is 36.2 Å². The van der Waals surface area contributed by atoms with Crippen LogP contribution in [0.4, 0.5) is 0 Å². The zero-order chi connectivity index (χ0) is 25.2. The molecule has 8 heteroatoms. The number of hydrogen-bond donors (Lipinski definition) is 2. The third kappa shape index (κ3) is 4.75. The molecule has 0 fully saturated rings. The van der Waals surface area contributed by atoms with Crippen LogP contribution in [-0.2, 0) is 24.1 Å². The number of amides is 1. The highest BCUT2D eigenvalue weighted by Gasteiger charge is 2.28. The maximum absolute atomic E-state index is 12.9. The Kier molecular flexibility index (Phi) is 7.08. The summed E-state index contributed by atoms with van der Waals surface area (Å²) in [4.78, 5) is 25.0. The van der Waals surface area contributed by atoms with Crippen LogP contribution in [0.1, 0.15) is 39.9 Å². The largest absolute Gasteiger partial charge is 0.493 e. The molecule has 1 amide bonds. The van der Waals surface area contributed by atoms with E-state index in [1.807, 2.05) is 24.3 Å². The van der Waals surface area contributed by atoms with Crippen LogP contribution in [0.5, 0.6) is 11.5 Å². The number of aliphatic carboxylic acids is 1. The standard InChI is InChI=1S/C28H25Cl2NO5/c29-21-9-2-10-22(30)24(21)27(32)31-23(28(33)34)15-17-11-12-20(26-18(17)8-4-14-36-26)19-7-1-5-16-6-3-13-35-25(16)19/h1-2,5,7,9-12,23H,3-4,6,8,13-15H2,(H,31,32)(H,33,34). The Hall–Kier alpha value is -3.22. The summed E-state index contributed by atoms with van der Waals surface area (Å²) in [7, 11) is 0. The number of ether oxygens (including phenoxy) is 2. The summed E-state index contributed by atoms with van der Waals surface area (Å²) in [6, 6.07) is 13.6. The van der Waals surface area contributed by atoms with Crippen LogP contribution in [0.3, 0.4) is 0 Å². The second-order valence-corrected chi connectivity index (χ2v) is 9.76. The van der Waals surface area contributed by atoms with Gasteiger partial charge in [0.05, 0.1) is 28.8 Å². The van der Waals surface area contributed by atoms with Crippen LogP contribution in [0.15, 0.2) is 48.5 Å². The summed E-state index contributed by atoms with van der Waals surface area (Å²) < 4.78 is 12.2. The molecule has 36 heavy (non-hydrogen) atoms. The fraction of sp³-hybridized carbons (Fsp3) is 0.286. The van der Waals surface area contributed by atoms with E-state index in [9.17, 15) is 14.7 Å². The van der Waals surface area contributed by atoms with Crippen molar-refractivity contribution in [3.63, 3.8) is 0 Å². The molecule has 2 N–H and O–H groups in total. The summed E-state index contributed by atoms with van der Waals surface area (Å²) in [5.74, 6) is -0.134. The Morgan fingerprint density at radius 3 is 2.31 bits per heavy atom. The lowest BCUT2D eigenvalue weighted by molar-refractivity contribution is -0.139. The number of rotatable bonds is 6. The van der Waals surface area contributed by atoms with E-state index in [4.69, 9.17) is 32.7 Å². The fourth-order valence-electron chi connectivity index (χ4n) is 4.90. The quantitative estimate of drug-likeness (QED) is 0.428. The third-order valence-corrected chi connectivity index (χ3v) is 7.25. The van der Waals surface area contributed by atoms with Gasteiger partial charge >= 0.3 is 5.97 Å². The SMILES string of the molecule is O=C(NC(Cc1ccc(-c2cccc3c2OCCC3)c2c1CCCO2)C(=O)O)c1c(Cl)cccc1Cl. The molecule has 0 aromatic heterocycles. The number of fused-ring (bicyclic) bond motifs is 2. The number of benzene rings is 3. The van der Waals surface area contributed by atoms with Crippen molar-refractivity contribution in [2.75, 3.05) is 13.2 Å². The summed E-state index contributed by atoms with van der Waals surface area (Å²) in [5.41, 5.74) is 4.93. The second kappa shape index (κ2) is 10.4. The van der Waals surface area contributed by atoms with Gasteiger partial charge in [0.15, 0.2) is 0 Å². The number of carbonyl (C=O) groups is 2. The van der Waals surface area contributed by atoms with Gasteiger partial charge in [-0.15, -0.1) is 0 Å². The number of carboxylic acid groups (broad SMARTS) is 1. The molecular formula is C28H25Cl2NO5. The van der Waals surface area contributed by atoms with E-state index in [2.05, 4.69) is 11.4 Å². The number of hydrogen-bond acceptors (Lipinski definition) is 4. The zero-order valence-corrected chi connectivity index (χ0v) is 21.0. The van der Waals surface area contributed by atoms with Crippen molar-refractivity contribution in [1.29, 1.82) is 0 Å². The van der Waals surface area contributed by atoms with Gasteiger partial charge in [0.2, 0.25) is 0 Å². The number of halogens is 2. The average Bonchev–Trinajstić information content (AvgIpc) is 2.88. The Balaban J connectivity index is 1.48. The van der Waals surface area contributed by atoms with Crippen LogP contribution < -0.4 is 14.8 Å². The summed E-state index contributed by atoms with van der Waals surface area (Å²) in [6.45, 7) is 1.27. The minimum absolute atomic E-state index is 0.0571. The van der Waals surface area contributed by atoms with Crippen molar-refractivity contribution < 1.29 is 24.2 Å². The molecule has 2 aliphatic rings. The normalized spacial score (nSPS) is 15.1. The molecule has 0 aliphatic carbocycles. The van der Waals surface area contributed by atoms with E-state index in [1.54, 1.807) is 6.07 Å². The van der Waals surface area contributed by atoms with E-state index in [0.29, 0.717) is 13.2 Å². The third-order valence-electron chi connectivity index (χ3n) is 6.62. The molecule has 0 spiro atoms. The lowest BCUT2D eigenvalue weighted by Crippen LogP contribution is -2.42. The van der Waals surface area contributed by atoms with Crippen molar-refractivity contribution in [3.8, 4) is 22.6 Å². The Labute approximate surface area is 219 Å². The summed E-state index contributed by atoms with van der Waals surface area (Å²) >= 11 is 12.3. The molecular weight excluding hydrogens is 501 g/mol. The monoisotopic (exact) mass is 525 g/mol. The lowest BCUT2D eigenvalue weighted by atomic mass is 9.89. The van der Waals surface area contributed by atoms with Crippen LogP contribution >= 0.6 is 23.2 Å². The smallest absolute Gasteiger partial charge is 0.326 e. The Morgan fingerprint density at radius 1 is 0.889 bits per heavy atom. The molecule has 1 atom stereocenters. The lowest BCUT2D eigenvalue weighted by Gasteiger charge is -2.27. The minimum atomic E-state index is -1.17. The van der Waals surface area contributed by atoms with E-state index < -0.39 is 17.9 Å². The number of carboxylic acids is 1. The van der Waals surface area contributed by atoms with Gasteiger partial charge in [-0.05, 0) is 54.5 Å². The Morgan fingerprint density at radius 2 is 1.56 bits per heavy atom. The van der Waals surface area contributed by atoms with Crippen molar-refractivity contribution in [2.24, 2.45) is 0 Å². The highest BCUT2D eigenvalue weighted by atomic mass is 35.5. The minimum Gasteiger partial charge on any atom is -0.493 e. The van der Waals surface area contributed by atoms with Gasteiger partial charge < -0.3 is 19.9 Å². The van der Waals surface area contributed by atoms with E-state index in [1.165, 1.54) is 17.7 Å². The predicted molar refractivity (Wildman–Crippen MR) is 139 cm³/mol. The van der Waals surface area contributed by atoms with Gasteiger partial charge in [0.25, 0.3) is 5.91 Å². The molecule has 2 heterocycles. The number of carbonyl (C=O) groups excluding carboxylic acids is 1. The van der Waals surface area contributed by atoms with Crippen LogP contribution in [0, 0.1) is 0 Å². The first kappa shape index (κ1) is 24.5. The molecule has 0 saturated carbocycles. The first-order chi connectivity index (χ1) is 17.4. The highest BCUT2D eigenvalue weighted by molar-refractivity contribution is 6.39. The molecule has 0 radical (unpaired) electrons. The van der Waals surface area contributed by atoms with Gasteiger partial charge in [-0.3, -0.25) is 4.79 Å². The van der Waals surface area contributed by atoms with Gasteiger partial charge in [-0.1, -0.05) is 59.6 Å². The molecule has 6 nitrogen and oxygen atoms in total. The van der Waals surface area contributed by atoms with Gasteiger partial charge in [0.1, 0.15) is 17.5 Å². The first-order valence-corrected chi connectivity index (χ1v) is 12.7. The Bertz CT molecular complexity index is 1320. The number of nitrogens with one attached hydrogen (secondary N) is 1. The second-order valence-electron chi connectivity index (χ2n) is 8.94. The summed E-state index contributed by atoms with van der Waals surface area (Å²) in [5, 5.41) is 12.8. The zero-order valence-electron chi connectivity index (χ0n) is 19.5. The summed E-state index contributed by atoms with van der Waals surface area (Å²) in [6.07, 6.45) is 3.64. The average molecular weight is 526 g/mol. The maximum Gasteiger partial charge on any atom is 0.326 e. The molecule has 0 saturated heterocycles. The fourth-order valence-corrected chi connectivity index (χ4v) is 5.47. The molecule has 5 rings (SSSR count). The highest BCUT2D eigenvalue weighted by Crippen LogP contribution is 2.44. The van der Waals surface area contributed by atoms with E-state index >= 15 is 0 Å². The predicted octanol–water partition coefficient (Wildman–Crippen LogP) is 5.74. The van der Waals surface area contributed by atoms with Gasteiger partial charge in [0, 0.05) is 17.5 Å². The van der Waals surface area contributed by atoms with E-state index in [0.717, 1.165) is 59.4 Å². The molecule has 2 aliphatic heterocycles. The molecule has 186 valence electrons. The number of para-hydroxylation sites is 1. The molecule has 3 aromatic rings. The van der Waals surface area contributed by atoms with Gasteiger partial charge in [-0.25, -0.2) is 4.79 Å². The molecule has 0 bridgehead atoms. The van der Waals surface area contributed by atoms with Crippen molar-refractivity contribution >= 4 is 35.1 Å². The van der Waals surface area contributed by atoms with Crippen LogP contribution in [0.25, 0.3) is 11.1 Å². The van der Waals surface area contributed by atoms with Crippen molar-refractivity contribution in [2.45, 2.75) is 38.1 Å². The van der Waals surface area contributed by atoms with E-state index in [-0.39, 0.29) is 22.0 Å². The van der Waals surface area contributed by atoms with Crippen LogP contribution in [0.2, 0.25) is 10.0 Å². The topological polar surface area (TPSA) is 84.9 Å². The maximum atomic E-state index is 12.9.